The van der Waals surface area contributed by atoms with E-state index in [0.717, 1.165) is 11.1 Å². The van der Waals surface area contributed by atoms with Crippen molar-refractivity contribution in [1.82, 2.24) is 0 Å². The highest BCUT2D eigenvalue weighted by atomic mass is 32.2. The van der Waals surface area contributed by atoms with Crippen LogP contribution in [0.3, 0.4) is 0 Å². The summed E-state index contributed by atoms with van der Waals surface area (Å²) in [5, 5.41) is 0. The molecule has 0 N–H and O–H groups in total. The van der Waals surface area contributed by atoms with E-state index in [-0.39, 0.29) is 10.7 Å². The summed E-state index contributed by atoms with van der Waals surface area (Å²) in [6.45, 7) is 5.46. The van der Waals surface area contributed by atoms with Crippen molar-refractivity contribution in [2.45, 2.75) is 25.7 Å². The maximum absolute atomic E-state index is 12.4. The van der Waals surface area contributed by atoms with Gasteiger partial charge in [0.1, 0.15) is 5.75 Å². The van der Waals surface area contributed by atoms with Crippen LogP contribution in [0.1, 0.15) is 27.0 Å². The van der Waals surface area contributed by atoms with Gasteiger partial charge in [0.2, 0.25) is 0 Å². The number of carbonyl (C=O) groups excluding carboxylic acids is 1. The third kappa shape index (κ3) is 3.39. The van der Waals surface area contributed by atoms with Crippen LogP contribution in [0.2, 0.25) is 0 Å². The maximum atomic E-state index is 12.4. The molecule has 2 aromatic rings. The average molecular weight is 302 g/mol. The van der Waals surface area contributed by atoms with Crippen molar-refractivity contribution in [2.75, 3.05) is 5.75 Å². The minimum Gasteiger partial charge on any atom is -0.293 e. The molecule has 4 heteroatoms. The largest absolute Gasteiger partial charge is 0.293 e. The average Bonchev–Trinajstić information content (AvgIpc) is 2.37. The van der Waals surface area contributed by atoms with E-state index in [4.69, 9.17) is 0 Å². The Morgan fingerprint density at radius 1 is 0.952 bits per heavy atom. The molecule has 0 aromatic heterocycles. The third-order valence-corrected chi connectivity index (χ3v) is 5.20. The fourth-order valence-corrected chi connectivity index (χ4v) is 3.84. The van der Waals surface area contributed by atoms with E-state index in [0.29, 0.717) is 11.1 Å². The standard InChI is InChI=1S/C17H18O3S/c1-12-8-9-17(14(3)10-12)21(19,20)11-16(18)15-7-5-4-6-13(15)2/h4-10H,11H2,1-3H3. The summed E-state index contributed by atoms with van der Waals surface area (Å²) in [7, 11) is -3.62. The summed E-state index contributed by atoms with van der Waals surface area (Å²) in [5.41, 5.74) is 2.92. The Kier molecular flexibility index (Phi) is 4.28. The molecule has 3 nitrogen and oxygen atoms in total. The van der Waals surface area contributed by atoms with Gasteiger partial charge in [0, 0.05) is 5.56 Å². The first kappa shape index (κ1) is 15.4. The number of ketones is 1. The molecular weight excluding hydrogens is 284 g/mol. The second kappa shape index (κ2) is 5.82. The smallest absolute Gasteiger partial charge is 0.186 e. The summed E-state index contributed by atoms with van der Waals surface area (Å²) >= 11 is 0. The Balaban J connectivity index is 2.34. The number of hydrogen-bond acceptors (Lipinski definition) is 3. The zero-order chi connectivity index (χ0) is 15.6. The Hall–Kier alpha value is -1.94. The van der Waals surface area contributed by atoms with Gasteiger partial charge in [0.15, 0.2) is 15.6 Å². The van der Waals surface area contributed by atoms with Gasteiger partial charge in [-0.2, -0.15) is 0 Å². The van der Waals surface area contributed by atoms with Crippen LogP contribution >= 0.6 is 0 Å². The van der Waals surface area contributed by atoms with Gasteiger partial charge in [-0.05, 0) is 38.0 Å². The van der Waals surface area contributed by atoms with E-state index in [1.807, 2.05) is 19.1 Å². The monoisotopic (exact) mass is 302 g/mol. The fraction of sp³-hybridized carbons (Fsp3) is 0.235. The number of Topliss-reactive ketones (excluding diaryl/α,β-unsaturated/α-hetero) is 1. The normalized spacial score (nSPS) is 11.4. The molecule has 0 saturated heterocycles. The van der Waals surface area contributed by atoms with Gasteiger partial charge in [-0.15, -0.1) is 0 Å². The minimum atomic E-state index is -3.62. The van der Waals surface area contributed by atoms with Crippen LogP contribution in [0.5, 0.6) is 0 Å². The van der Waals surface area contributed by atoms with Gasteiger partial charge in [-0.25, -0.2) is 8.42 Å². The quantitative estimate of drug-likeness (QED) is 0.815. The molecule has 0 aliphatic carbocycles. The Morgan fingerprint density at radius 2 is 1.62 bits per heavy atom. The molecule has 0 amide bonds. The topological polar surface area (TPSA) is 51.2 Å². The lowest BCUT2D eigenvalue weighted by Crippen LogP contribution is -2.18. The number of sulfone groups is 1. The van der Waals surface area contributed by atoms with E-state index >= 15 is 0 Å². The molecule has 0 spiro atoms. The molecule has 0 bridgehead atoms. The molecule has 2 aromatic carbocycles. The number of rotatable bonds is 4. The first-order valence-corrected chi connectivity index (χ1v) is 8.35. The van der Waals surface area contributed by atoms with E-state index in [2.05, 4.69) is 0 Å². The maximum Gasteiger partial charge on any atom is 0.186 e. The first-order valence-electron chi connectivity index (χ1n) is 6.70. The fourth-order valence-electron chi connectivity index (χ4n) is 2.36. The van der Waals surface area contributed by atoms with Crippen LogP contribution < -0.4 is 0 Å². The highest BCUT2D eigenvalue weighted by Gasteiger charge is 2.22. The molecule has 0 aliphatic heterocycles. The molecule has 0 radical (unpaired) electrons. The van der Waals surface area contributed by atoms with E-state index in [1.54, 1.807) is 44.2 Å². The second-order valence-electron chi connectivity index (χ2n) is 5.27. The van der Waals surface area contributed by atoms with Gasteiger partial charge >= 0.3 is 0 Å². The number of carbonyl (C=O) groups is 1. The highest BCUT2D eigenvalue weighted by molar-refractivity contribution is 7.92. The Bertz CT molecular complexity index is 789. The van der Waals surface area contributed by atoms with Gasteiger partial charge in [-0.1, -0.05) is 42.0 Å². The van der Waals surface area contributed by atoms with Crippen molar-refractivity contribution in [2.24, 2.45) is 0 Å². The SMILES string of the molecule is Cc1ccc(S(=O)(=O)CC(=O)c2ccccc2C)c(C)c1. The van der Waals surface area contributed by atoms with Gasteiger partial charge in [0.05, 0.1) is 4.90 Å². The van der Waals surface area contributed by atoms with E-state index < -0.39 is 15.6 Å². The minimum absolute atomic E-state index is 0.232. The van der Waals surface area contributed by atoms with Crippen molar-refractivity contribution in [3.63, 3.8) is 0 Å². The number of benzene rings is 2. The van der Waals surface area contributed by atoms with Gasteiger partial charge in [-0.3, -0.25) is 4.79 Å². The van der Waals surface area contributed by atoms with Crippen LogP contribution in [0.4, 0.5) is 0 Å². The van der Waals surface area contributed by atoms with Gasteiger partial charge in [0.25, 0.3) is 0 Å². The van der Waals surface area contributed by atoms with Gasteiger partial charge < -0.3 is 0 Å². The third-order valence-electron chi connectivity index (χ3n) is 3.43. The summed E-state index contributed by atoms with van der Waals surface area (Å²) < 4.78 is 24.9. The van der Waals surface area contributed by atoms with Crippen LogP contribution in [-0.4, -0.2) is 20.0 Å². The van der Waals surface area contributed by atoms with Crippen molar-refractivity contribution in [3.05, 3.63) is 64.7 Å². The molecule has 2 rings (SSSR count). The Labute approximate surface area is 125 Å². The summed E-state index contributed by atoms with van der Waals surface area (Å²) in [4.78, 5) is 12.5. The zero-order valence-corrected chi connectivity index (χ0v) is 13.2. The van der Waals surface area contributed by atoms with Crippen LogP contribution in [0, 0.1) is 20.8 Å². The lowest BCUT2D eigenvalue weighted by molar-refractivity contribution is 0.102. The predicted molar refractivity (Wildman–Crippen MR) is 83.5 cm³/mol. The second-order valence-corrected chi connectivity index (χ2v) is 7.22. The van der Waals surface area contributed by atoms with Crippen molar-refractivity contribution >= 4 is 15.6 Å². The highest BCUT2D eigenvalue weighted by Crippen LogP contribution is 2.19. The molecule has 0 unspecified atom stereocenters. The lowest BCUT2D eigenvalue weighted by atomic mass is 10.1. The number of hydrogen-bond donors (Lipinski definition) is 0. The molecule has 0 atom stereocenters. The molecular formula is C17H18O3S. The zero-order valence-electron chi connectivity index (χ0n) is 12.4. The molecule has 0 saturated carbocycles. The van der Waals surface area contributed by atoms with E-state index in [1.165, 1.54) is 0 Å². The Morgan fingerprint density at radius 3 is 2.24 bits per heavy atom. The summed E-state index contributed by atoms with van der Waals surface area (Å²) in [6, 6.07) is 12.2. The number of aryl methyl sites for hydroxylation is 3. The summed E-state index contributed by atoms with van der Waals surface area (Å²) in [6.07, 6.45) is 0. The van der Waals surface area contributed by atoms with Crippen LogP contribution in [0.25, 0.3) is 0 Å². The van der Waals surface area contributed by atoms with Crippen LogP contribution in [-0.2, 0) is 9.84 Å². The van der Waals surface area contributed by atoms with Crippen molar-refractivity contribution in [3.8, 4) is 0 Å². The molecule has 0 aliphatic rings. The van der Waals surface area contributed by atoms with Crippen LogP contribution in [0.15, 0.2) is 47.4 Å². The predicted octanol–water partition coefficient (Wildman–Crippen LogP) is 3.27. The molecule has 0 fully saturated rings. The molecule has 21 heavy (non-hydrogen) atoms. The van der Waals surface area contributed by atoms with Crippen molar-refractivity contribution < 1.29 is 13.2 Å². The molecule has 110 valence electrons. The molecule has 0 heterocycles. The van der Waals surface area contributed by atoms with E-state index in [9.17, 15) is 13.2 Å². The van der Waals surface area contributed by atoms with Crippen molar-refractivity contribution in [1.29, 1.82) is 0 Å². The lowest BCUT2D eigenvalue weighted by Gasteiger charge is -2.09. The summed E-state index contributed by atoms with van der Waals surface area (Å²) in [5.74, 6) is -0.866. The first-order chi connectivity index (χ1) is 9.81.